The molecule has 0 radical (unpaired) electrons. The lowest BCUT2D eigenvalue weighted by molar-refractivity contribution is -0.144. The molecule has 0 bridgehead atoms. The van der Waals surface area contributed by atoms with Gasteiger partial charge in [-0.05, 0) is 61.4 Å². The van der Waals surface area contributed by atoms with Crippen molar-refractivity contribution in [2.75, 3.05) is 17.6 Å². The number of halogens is 1. The number of nitrogens with two attached hydrogens (primary N) is 1. The number of nitrogens with zero attached hydrogens (tertiary/aromatic N) is 2. The number of pyridine rings is 1. The van der Waals surface area contributed by atoms with Crippen LogP contribution in [0.1, 0.15) is 63.0 Å². The summed E-state index contributed by atoms with van der Waals surface area (Å²) in [6.07, 6.45) is 3.87. The Morgan fingerprint density at radius 3 is 2.47 bits per heavy atom. The number of piperidine rings is 1. The highest BCUT2D eigenvalue weighted by molar-refractivity contribution is 6.41. The molecule has 2 amide bonds. The summed E-state index contributed by atoms with van der Waals surface area (Å²) in [5.41, 5.74) is 8.01. The van der Waals surface area contributed by atoms with Crippen LogP contribution >= 0.6 is 0 Å². The highest BCUT2D eigenvalue weighted by atomic mass is 19.1. The monoisotopic (exact) mass is 466 g/mol. The molecular formula is C26H31FN4O3. The van der Waals surface area contributed by atoms with Crippen LogP contribution in [0.5, 0.6) is 0 Å². The van der Waals surface area contributed by atoms with E-state index < -0.39 is 23.5 Å². The molecule has 180 valence electrons. The van der Waals surface area contributed by atoms with Gasteiger partial charge in [0.15, 0.2) is 0 Å². The van der Waals surface area contributed by atoms with Crippen molar-refractivity contribution in [1.29, 1.82) is 0 Å². The zero-order valence-electron chi connectivity index (χ0n) is 19.8. The fourth-order valence-corrected chi connectivity index (χ4v) is 4.80. The molecule has 3 N–H and O–H groups in total. The maximum absolute atomic E-state index is 13.6. The molecule has 2 fully saturated rings. The predicted molar refractivity (Wildman–Crippen MR) is 128 cm³/mol. The predicted octanol–water partition coefficient (Wildman–Crippen LogP) is 3.86. The zero-order chi connectivity index (χ0) is 24.6. The van der Waals surface area contributed by atoms with Gasteiger partial charge in [-0.15, -0.1) is 0 Å². The van der Waals surface area contributed by atoms with Crippen LogP contribution in [0.25, 0.3) is 0 Å². The lowest BCUT2D eigenvalue weighted by Crippen LogP contribution is -2.52. The summed E-state index contributed by atoms with van der Waals surface area (Å²) in [4.78, 5) is 45.1. The molecule has 8 heteroatoms. The number of nitrogen functional groups attached to an aromatic ring is 1. The molecule has 2 heterocycles. The highest BCUT2D eigenvalue weighted by Crippen LogP contribution is 2.43. The quantitative estimate of drug-likeness (QED) is 0.629. The Hall–Kier alpha value is -3.29. The van der Waals surface area contributed by atoms with Crippen LogP contribution in [0.15, 0.2) is 36.5 Å². The third-order valence-electron chi connectivity index (χ3n) is 6.87. The molecule has 1 aromatic carbocycles. The standard InChI is InChI=1S/C26H31FN4O3/c1-14(2)26(34)31-13-22(17-6-8-18(27)9-7-17)21(10-15(31)3)23(32)25(33)30-19-11-20(16-4-5-16)24(28)29-12-19/h6-9,11-12,14-16,21-22H,4-5,10,13H2,1-3H3,(H2,28,29)(H,30,33)/t15-,21?,22-/m0/s1. The molecule has 4 rings (SSSR count). The summed E-state index contributed by atoms with van der Waals surface area (Å²) < 4.78 is 13.6. The molecule has 3 atom stereocenters. The first-order valence-electron chi connectivity index (χ1n) is 11.8. The number of amides is 2. The van der Waals surface area contributed by atoms with Crippen molar-refractivity contribution < 1.29 is 18.8 Å². The van der Waals surface area contributed by atoms with Crippen molar-refractivity contribution in [3.05, 3.63) is 53.5 Å². The Balaban J connectivity index is 1.57. The summed E-state index contributed by atoms with van der Waals surface area (Å²) in [6, 6.07) is 7.50. The maximum atomic E-state index is 13.6. The molecule has 2 aliphatic rings. The first kappa shape index (κ1) is 23.9. The van der Waals surface area contributed by atoms with E-state index in [2.05, 4.69) is 10.3 Å². The summed E-state index contributed by atoms with van der Waals surface area (Å²) in [5.74, 6) is -2.10. The van der Waals surface area contributed by atoms with E-state index in [1.54, 1.807) is 23.1 Å². The van der Waals surface area contributed by atoms with Crippen LogP contribution in [0.3, 0.4) is 0 Å². The highest BCUT2D eigenvalue weighted by Gasteiger charge is 2.42. The second-order valence-electron chi connectivity index (χ2n) is 9.79. The Labute approximate surface area is 198 Å². The van der Waals surface area contributed by atoms with E-state index in [1.165, 1.54) is 18.3 Å². The van der Waals surface area contributed by atoms with E-state index in [-0.39, 0.29) is 23.7 Å². The van der Waals surface area contributed by atoms with E-state index in [9.17, 15) is 18.8 Å². The number of Topliss-reactive ketones (excluding diaryl/α,β-unsaturated/α-hetero) is 1. The van der Waals surface area contributed by atoms with Gasteiger partial charge in [0.1, 0.15) is 11.6 Å². The molecule has 2 aromatic rings. The summed E-state index contributed by atoms with van der Waals surface area (Å²) in [6.45, 7) is 5.86. The number of hydrogen-bond acceptors (Lipinski definition) is 5. The second-order valence-corrected chi connectivity index (χ2v) is 9.79. The van der Waals surface area contributed by atoms with E-state index in [0.717, 1.165) is 24.0 Å². The average Bonchev–Trinajstić information content (AvgIpc) is 3.65. The number of likely N-dealkylation sites (tertiary alicyclic amines) is 1. The van der Waals surface area contributed by atoms with Crippen molar-refractivity contribution in [1.82, 2.24) is 9.88 Å². The Bertz CT molecular complexity index is 1100. The van der Waals surface area contributed by atoms with Crippen LogP contribution in [0, 0.1) is 17.7 Å². The van der Waals surface area contributed by atoms with Crippen LogP contribution in [0.4, 0.5) is 15.9 Å². The molecule has 1 aromatic heterocycles. The molecule has 1 aliphatic heterocycles. The fraction of sp³-hybridized carbons (Fsp3) is 0.462. The second kappa shape index (κ2) is 9.52. The lowest BCUT2D eigenvalue weighted by atomic mass is 9.75. The van der Waals surface area contributed by atoms with Crippen molar-refractivity contribution in [2.45, 2.75) is 57.9 Å². The SMILES string of the molecule is CC(C)C(=O)N1C[C@@H](c2ccc(F)cc2)C(C(=O)C(=O)Nc2cnc(N)c(C3CC3)c2)C[C@@H]1C. The van der Waals surface area contributed by atoms with Crippen molar-refractivity contribution in [2.24, 2.45) is 11.8 Å². The van der Waals surface area contributed by atoms with Crippen molar-refractivity contribution >= 4 is 29.1 Å². The molecule has 1 unspecified atom stereocenters. The van der Waals surface area contributed by atoms with Gasteiger partial charge in [-0.3, -0.25) is 14.4 Å². The summed E-state index contributed by atoms with van der Waals surface area (Å²) in [7, 11) is 0. The van der Waals surface area contributed by atoms with Gasteiger partial charge in [0.25, 0.3) is 5.91 Å². The van der Waals surface area contributed by atoms with Gasteiger partial charge in [-0.25, -0.2) is 9.37 Å². The summed E-state index contributed by atoms with van der Waals surface area (Å²) >= 11 is 0. The zero-order valence-corrected chi connectivity index (χ0v) is 19.8. The first-order chi connectivity index (χ1) is 16.2. The third-order valence-corrected chi connectivity index (χ3v) is 6.87. The van der Waals surface area contributed by atoms with Gasteiger partial charge in [0, 0.05) is 30.3 Å². The number of aromatic nitrogens is 1. The van der Waals surface area contributed by atoms with E-state index in [0.29, 0.717) is 30.4 Å². The smallest absolute Gasteiger partial charge is 0.292 e. The Kier molecular flexibility index (Phi) is 6.68. The average molecular weight is 467 g/mol. The van der Waals surface area contributed by atoms with Gasteiger partial charge in [-0.2, -0.15) is 0 Å². The van der Waals surface area contributed by atoms with Crippen LogP contribution < -0.4 is 11.1 Å². The van der Waals surface area contributed by atoms with E-state index in [4.69, 9.17) is 5.73 Å². The number of ketones is 1. The molecular weight excluding hydrogens is 435 g/mol. The molecule has 0 spiro atoms. The van der Waals surface area contributed by atoms with Crippen molar-refractivity contribution in [3.8, 4) is 0 Å². The molecule has 1 saturated carbocycles. The number of nitrogens with one attached hydrogen (secondary N) is 1. The third kappa shape index (κ3) is 4.95. The topological polar surface area (TPSA) is 105 Å². The van der Waals surface area contributed by atoms with Crippen LogP contribution in [-0.4, -0.2) is 40.1 Å². The molecule has 1 saturated heterocycles. The van der Waals surface area contributed by atoms with E-state index >= 15 is 0 Å². The Morgan fingerprint density at radius 1 is 1.18 bits per heavy atom. The fourth-order valence-electron chi connectivity index (χ4n) is 4.80. The lowest BCUT2D eigenvalue weighted by Gasteiger charge is -2.43. The minimum absolute atomic E-state index is 0.00415. The summed E-state index contributed by atoms with van der Waals surface area (Å²) in [5, 5.41) is 2.69. The largest absolute Gasteiger partial charge is 0.383 e. The number of carbonyl (C=O) groups is 3. The molecule has 34 heavy (non-hydrogen) atoms. The van der Waals surface area contributed by atoms with Crippen LogP contribution in [-0.2, 0) is 14.4 Å². The van der Waals surface area contributed by atoms with Gasteiger partial charge < -0.3 is 16.0 Å². The molecule has 7 nitrogen and oxygen atoms in total. The van der Waals surface area contributed by atoms with Gasteiger partial charge in [0.2, 0.25) is 11.7 Å². The number of carbonyl (C=O) groups excluding carboxylic acids is 3. The number of benzene rings is 1. The van der Waals surface area contributed by atoms with Gasteiger partial charge in [-0.1, -0.05) is 26.0 Å². The number of hydrogen-bond donors (Lipinski definition) is 2. The van der Waals surface area contributed by atoms with Crippen LogP contribution in [0.2, 0.25) is 0 Å². The minimum atomic E-state index is -0.721. The number of anilines is 2. The maximum Gasteiger partial charge on any atom is 0.292 e. The van der Waals surface area contributed by atoms with Crippen molar-refractivity contribution in [3.63, 3.8) is 0 Å². The van der Waals surface area contributed by atoms with Gasteiger partial charge >= 0.3 is 0 Å². The first-order valence-corrected chi connectivity index (χ1v) is 11.8. The van der Waals surface area contributed by atoms with Gasteiger partial charge in [0.05, 0.1) is 11.9 Å². The molecule has 1 aliphatic carbocycles. The normalized spacial score (nSPS) is 22.5. The number of rotatable bonds is 6. The minimum Gasteiger partial charge on any atom is -0.383 e. The Morgan fingerprint density at radius 2 is 1.85 bits per heavy atom. The van der Waals surface area contributed by atoms with E-state index in [1.807, 2.05) is 20.8 Å².